The Hall–Kier alpha value is -5.47. The van der Waals surface area contributed by atoms with Crippen LogP contribution in [0.3, 0.4) is 0 Å². The van der Waals surface area contributed by atoms with Gasteiger partial charge in [-0.15, -0.1) is 0 Å². The fourth-order valence-corrected chi connectivity index (χ4v) is 5.54. The van der Waals surface area contributed by atoms with Crippen molar-refractivity contribution in [2.45, 2.75) is 37.6 Å². The molecule has 4 heterocycles. The number of hydrogen-bond donors (Lipinski definition) is 3. The summed E-state index contributed by atoms with van der Waals surface area (Å²) in [5.41, 5.74) is -1.49. The number of fused-ring (bicyclic) bond motifs is 3. The minimum atomic E-state index is -1.65. The molecular weight excluding hydrogens is 616 g/mol. The molecule has 0 amide bonds. The number of benzene rings is 3. The molecule has 6 aromatic rings. The Morgan fingerprint density at radius 2 is 1.28 bits per heavy atom. The maximum atomic E-state index is 13.4. The van der Waals surface area contributed by atoms with Crippen molar-refractivity contribution in [1.82, 2.24) is 0 Å². The van der Waals surface area contributed by atoms with Crippen molar-refractivity contribution < 1.29 is 47.5 Å². The Kier molecular flexibility index (Phi) is 7.53. The lowest BCUT2D eigenvalue weighted by atomic mass is 9.97. The molecule has 0 unspecified atom stereocenters. The summed E-state index contributed by atoms with van der Waals surface area (Å²) >= 11 is 0. The number of methoxy groups -OCH3 is 1. The van der Waals surface area contributed by atoms with E-state index in [1.165, 1.54) is 50.4 Å². The standard InChI is InChI=1S/C34H26O13/c1-15-28(37)29(38)30(39)34(42-15)45-21-10-4-17-7-12-25(36)46-31(17)27(21)26-20(41-2)9-5-18-13-23(33(40)47-32(18)26)43-19-8-3-16-6-11-24(35)44-22(16)14-19/h3-15,28-30,34,37-39H,1-2H3/t15-,28+,29+,30-,34+/m1/s1. The smallest absolute Gasteiger partial charge is 0.379 e. The fraction of sp³-hybridized carbons (Fsp3) is 0.206. The molecule has 7 rings (SSSR count). The third-order valence-corrected chi connectivity index (χ3v) is 7.93. The molecule has 13 heteroatoms. The zero-order chi connectivity index (χ0) is 33.0. The molecule has 3 aromatic carbocycles. The van der Waals surface area contributed by atoms with Crippen molar-refractivity contribution >= 4 is 32.9 Å². The van der Waals surface area contributed by atoms with Crippen molar-refractivity contribution in [3.05, 3.63) is 104 Å². The van der Waals surface area contributed by atoms with E-state index in [1.807, 2.05) is 0 Å². The van der Waals surface area contributed by atoms with Gasteiger partial charge in [-0.2, -0.15) is 0 Å². The van der Waals surface area contributed by atoms with Gasteiger partial charge in [0.15, 0.2) is 5.58 Å². The van der Waals surface area contributed by atoms with Crippen molar-refractivity contribution in [3.63, 3.8) is 0 Å². The molecule has 3 N–H and O–H groups in total. The minimum Gasteiger partial charge on any atom is -0.496 e. The van der Waals surface area contributed by atoms with Crippen LogP contribution >= 0.6 is 0 Å². The Labute approximate surface area is 263 Å². The van der Waals surface area contributed by atoms with E-state index in [0.717, 1.165) is 0 Å². The Morgan fingerprint density at radius 3 is 2.06 bits per heavy atom. The highest BCUT2D eigenvalue weighted by atomic mass is 16.7. The van der Waals surface area contributed by atoms with Gasteiger partial charge in [0, 0.05) is 34.4 Å². The molecule has 0 radical (unpaired) electrons. The number of rotatable bonds is 6. The van der Waals surface area contributed by atoms with E-state index in [4.69, 9.17) is 32.2 Å². The summed E-state index contributed by atoms with van der Waals surface area (Å²) in [6.07, 6.45) is -6.94. The van der Waals surface area contributed by atoms with Crippen LogP contribution in [0.5, 0.6) is 23.0 Å². The van der Waals surface area contributed by atoms with Gasteiger partial charge in [-0.05, 0) is 61.5 Å². The van der Waals surface area contributed by atoms with Crippen molar-refractivity contribution in [1.29, 1.82) is 0 Å². The van der Waals surface area contributed by atoms with E-state index in [1.54, 1.807) is 36.4 Å². The van der Waals surface area contributed by atoms with E-state index in [2.05, 4.69) is 0 Å². The van der Waals surface area contributed by atoms with E-state index in [9.17, 15) is 29.7 Å². The molecule has 0 saturated carbocycles. The molecule has 47 heavy (non-hydrogen) atoms. The van der Waals surface area contributed by atoms with Crippen LogP contribution in [-0.4, -0.2) is 53.1 Å². The van der Waals surface area contributed by atoms with E-state index >= 15 is 0 Å². The highest BCUT2D eigenvalue weighted by Crippen LogP contribution is 2.46. The van der Waals surface area contributed by atoms with Crippen LogP contribution in [0.2, 0.25) is 0 Å². The quantitative estimate of drug-likeness (QED) is 0.223. The molecule has 1 aliphatic heterocycles. The lowest BCUT2D eigenvalue weighted by molar-refractivity contribution is -0.268. The van der Waals surface area contributed by atoms with Gasteiger partial charge in [-0.25, -0.2) is 14.4 Å². The second-order valence-electron chi connectivity index (χ2n) is 10.9. The van der Waals surface area contributed by atoms with Gasteiger partial charge in [0.2, 0.25) is 12.0 Å². The number of hydrogen-bond acceptors (Lipinski definition) is 13. The van der Waals surface area contributed by atoms with Crippen LogP contribution in [-0.2, 0) is 4.74 Å². The molecule has 0 bridgehead atoms. The Morgan fingerprint density at radius 1 is 0.638 bits per heavy atom. The lowest BCUT2D eigenvalue weighted by Crippen LogP contribution is -2.58. The Bertz CT molecular complexity index is 2340. The van der Waals surface area contributed by atoms with Crippen LogP contribution in [0.4, 0.5) is 0 Å². The summed E-state index contributed by atoms with van der Waals surface area (Å²) in [7, 11) is 1.40. The minimum absolute atomic E-state index is 0.0121. The second-order valence-corrected chi connectivity index (χ2v) is 10.9. The van der Waals surface area contributed by atoms with Crippen LogP contribution < -0.4 is 31.1 Å². The zero-order valence-electron chi connectivity index (χ0n) is 24.7. The molecule has 240 valence electrons. The first-order valence-corrected chi connectivity index (χ1v) is 14.4. The van der Waals surface area contributed by atoms with Gasteiger partial charge in [0.1, 0.15) is 46.7 Å². The fourth-order valence-electron chi connectivity index (χ4n) is 5.54. The molecule has 0 spiro atoms. The molecule has 0 aliphatic carbocycles. The highest BCUT2D eigenvalue weighted by molar-refractivity contribution is 6.05. The first kappa shape index (κ1) is 30.2. The highest BCUT2D eigenvalue weighted by Gasteiger charge is 2.43. The third kappa shape index (κ3) is 5.40. The molecular formula is C34H26O13. The molecule has 1 saturated heterocycles. The van der Waals surface area contributed by atoms with Crippen LogP contribution in [0.15, 0.2) is 100 Å². The predicted octanol–water partition coefficient (Wildman–Crippen LogP) is 3.68. The van der Waals surface area contributed by atoms with E-state index in [-0.39, 0.29) is 50.9 Å². The monoisotopic (exact) mass is 642 g/mol. The maximum Gasteiger partial charge on any atom is 0.379 e. The summed E-state index contributed by atoms with van der Waals surface area (Å²) in [6, 6.07) is 18.2. The van der Waals surface area contributed by atoms with Gasteiger partial charge in [0.25, 0.3) is 0 Å². The predicted molar refractivity (Wildman–Crippen MR) is 166 cm³/mol. The average Bonchev–Trinajstić information content (AvgIpc) is 3.06. The van der Waals surface area contributed by atoms with E-state index in [0.29, 0.717) is 16.2 Å². The van der Waals surface area contributed by atoms with Gasteiger partial charge in [-0.1, -0.05) is 0 Å². The Balaban J connectivity index is 1.39. The summed E-state index contributed by atoms with van der Waals surface area (Å²) < 4.78 is 39.9. The molecule has 1 fully saturated rings. The number of ether oxygens (including phenoxy) is 4. The van der Waals surface area contributed by atoms with Crippen LogP contribution in [0.1, 0.15) is 6.92 Å². The van der Waals surface area contributed by atoms with Crippen molar-refractivity contribution in [3.8, 4) is 34.1 Å². The summed E-state index contributed by atoms with van der Waals surface area (Å²) in [6.45, 7) is 1.51. The normalized spacial score (nSPS) is 21.3. The van der Waals surface area contributed by atoms with E-state index < -0.39 is 47.6 Å². The summed E-state index contributed by atoms with van der Waals surface area (Å²) in [5, 5.41) is 32.8. The van der Waals surface area contributed by atoms with Gasteiger partial charge in [0.05, 0.1) is 24.3 Å². The van der Waals surface area contributed by atoms with Crippen molar-refractivity contribution in [2.75, 3.05) is 7.11 Å². The zero-order valence-corrected chi connectivity index (χ0v) is 24.7. The first-order valence-electron chi connectivity index (χ1n) is 14.4. The average molecular weight is 643 g/mol. The maximum absolute atomic E-state index is 13.4. The summed E-state index contributed by atoms with van der Waals surface area (Å²) in [4.78, 5) is 37.5. The van der Waals surface area contributed by atoms with Crippen molar-refractivity contribution in [2.24, 2.45) is 0 Å². The summed E-state index contributed by atoms with van der Waals surface area (Å²) in [5.74, 6) is 0.258. The molecule has 5 atom stereocenters. The molecule has 13 nitrogen and oxygen atoms in total. The third-order valence-electron chi connectivity index (χ3n) is 7.93. The van der Waals surface area contributed by atoms with Gasteiger partial charge < -0.3 is 47.5 Å². The lowest BCUT2D eigenvalue weighted by Gasteiger charge is -2.39. The van der Waals surface area contributed by atoms with Crippen LogP contribution in [0, 0.1) is 0 Å². The van der Waals surface area contributed by atoms with Gasteiger partial charge in [-0.3, -0.25) is 0 Å². The SMILES string of the molecule is COc1ccc2cc(Oc3ccc4ccc(=O)oc4c3)c(=O)oc2c1-c1c(O[C@@H]2O[C@H](C)[C@H](O)[C@H](O)[C@H]2O)ccc2ccc(=O)oc12. The molecule has 1 aliphatic rings. The largest absolute Gasteiger partial charge is 0.496 e. The number of aliphatic hydroxyl groups excluding tert-OH is 3. The van der Waals surface area contributed by atoms with Gasteiger partial charge >= 0.3 is 16.9 Å². The number of aliphatic hydroxyl groups is 3. The topological polar surface area (TPSA) is 188 Å². The van der Waals surface area contributed by atoms with Crippen LogP contribution in [0.25, 0.3) is 44.0 Å². The molecule has 3 aromatic heterocycles. The first-order chi connectivity index (χ1) is 22.6. The second kappa shape index (κ2) is 11.7.